The summed E-state index contributed by atoms with van der Waals surface area (Å²) in [5, 5.41) is 4.94. The Labute approximate surface area is 152 Å². The molecule has 4 nitrogen and oxygen atoms in total. The monoisotopic (exact) mass is 391 g/mol. The molecule has 1 heterocycles. The van der Waals surface area contributed by atoms with Gasteiger partial charge in [-0.05, 0) is 30.0 Å². The summed E-state index contributed by atoms with van der Waals surface area (Å²) < 4.78 is 4.92. The number of esters is 1. The highest BCUT2D eigenvalue weighted by molar-refractivity contribution is 7.09. The lowest BCUT2D eigenvalue weighted by Gasteiger charge is -2.09. The number of carbonyl (C=O) groups is 2. The Kier molecular flexibility index (Phi) is 6.72. The Morgan fingerprint density at radius 3 is 2.57 bits per heavy atom. The van der Waals surface area contributed by atoms with E-state index in [4.69, 9.17) is 39.5 Å². The number of halogens is 3. The molecule has 2 aromatic rings. The number of benzene rings is 1. The highest BCUT2D eigenvalue weighted by Gasteiger charge is 2.19. The van der Waals surface area contributed by atoms with Crippen LogP contribution in [0.25, 0.3) is 0 Å². The number of hydrogen-bond donors (Lipinski definition) is 1. The highest BCUT2D eigenvalue weighted by atomic mass is 35.5. The van der Waals surface area contributed by atoms with Gasteiger partial charge in [-0.25, -0.2) is 4.79 Å². The van der Waals surface area contributed by atoms with Crippen molar-refractivity contribution in [2.45, 2.75) is 6.42 Å². The van der Waals surface area contributed by atoms with Crippen molar-refractivity contribution in [2.24, 2.45) is 0 Å². The van der Waals surface area contributed by atoms with Crippen molar-refractivity contribution in [3.8, 4) is 0 Å². The first-order chi connectivity index (χ1) is 11.0. The fraction of sp³-hybridized carbons (Fsp3) is 0.200. The normalized spacial score (nSPS) is 10.4. The van der Waals surface area contributed by atoms with E-state index < -0.39 is 18.5 Å². The van der Waals surface area contributed by atoms with Gasteiger partial charge in [0.1, 0.15) is 0 Å². The first-order valence-corrected chi connectivity index (χ1v) is 8.60. The molecule has 0 radical (unpaired) electrons. The SMILES string of the molecule is O=C(COC(=O)c1c(Cl)ccc(Cl)c1Cl)NCCc1cccs1. The van der Waals surface area contributed by atoms with Crippen LogP contribution in [0.4, 0.5) is 0 Å². The lowest BCUT2D eigenvalue weighted by molar-refractivity contribution is -0.124. The summed E-state index contributed by atoms with van der Waals surface area (Å²) >= 11 is 19.3. The van der Waals surface area contributed by atoms with E-state index in [0.29, 0.717) is 6.54 Å². The Morgan fingerprint density at radius 2 is 1.87 bits per heavy atom. The fourth-order valence-corrected chi connectivity index (χ4v) is 3.14. The van der Waals surface area contributed by atoms with Gasteiger partial charge in [0.05, 0.1) is 20.6 Å². The highest BCUT2D eigenvalue weighted by Crippen LogP contribution is 2.31. The third kappa shape index (κ3) is 5.11. The van der Waals surface area contributed by atoms with Crippen molar-refractivity contribution in [1.82, 2.24) is 5.32 Å². The first-order valence-electron chi connectivity index (χ1n) is 6.58. The number of carbonyl (C=O) groups excluding carboxylic acids is 2. The number of nitrogens with one attached hydrogen (secondary N) is 1. The molecule has 122 valence electrons. The van der Waals surface area contributed by atoms with Gasteiger partial charge in [-0.1, -0.05) is 40.9 Å². The zero-order chi connectivity index (χ0) is 16.8. The Bertz CT molecular complexity index is 704. The number of hydrogen-bond acceptors (Lipinski definition) is 4. The van der Waals surface area contributed by atoms with E-state index >= 15 is 0 Å². The molecule has 0 fully saturated rings. The fourth-order valence-electron chi connectivity index (χ4n) is 1.75. The summed E-state index contributed by atoms with van der Waals surface area (Å²) in [5.41, 5.74) is -0.0489. The van der Waals surface area contributed by atoms with Crippen molar-refractivity contribution in [2.75, 3.05) is 13.2 Å². The molecule has 0 aliphatic rings. The van der Waals surface area contributed by atoms with Crippen molar-refractivity contribution >= 4 is 58.0 Å². The maximum atomic E-state index is 12.0. The lowest BCUT2D eigenvalue weighted by Crippen LogP contribution is -2.30. The van der Waals surface area contributed by atoms with Gasteiger partial charge >= 0.3 is 5.97 Å². The second kappa shape index (κ2) is 8.55. The van der Waals surface area contributed by atoms with Gasteiger partial charge < -0.3 is 10.1 Å². The maximum absolute atomic E-state index is 12.0. The van der Waals surface area contributed by atoms with Crippen LogP contribution in [0.2, 0.25) is 15.1 Å². The van der Waals surface area contributed by atoms with E-state index in [-0.39, 0.29) is 20.6 Å². The van der Waals surface area contributed by atoms with Crippen LogP contribution in [-0.4, -0.2) is 25.0 Å². The van der Waals surface area contributed by atoms with Crippen molar-refractivity contribution in [3.05, 3.63) is 55.2 Å². The number of thiophene rings is 1. The molecule has 0 saturated carbocycles. The molecule has 0 spiro atoms. The average Bonchev–Trinajstić information content (AvgIpc) is 3.03. The third-order valence-electron chi connectivity index (χ3n) is 2.86. The van der Waals surface area contributed by atoms with Crippen molar-refractivity contribution in [3.63, 3.8) is 0 Å². The minimum Gasteiger partial charge on any atom is -0.452 e. The van der Waals surface area contributed by atoms with Gasteiger partial charge in [-0.15, -0.1) is 11.3 Å². The minimum absolute atomic E-state index is 0.00210. The predicted molar refractivity (Wildman–Crippen MR) is 92.8 cm³/mol. The molecule has 1 aromatic heterocycles. The molecule has 0 aliphatic carbocycles. The van der Waals surface area contributed by atoms with Gasteiger partial charge in [-0.2, -0.15) is 0 Å². The standard InChI is InChI=1S/C15H12Cl3NO3S/c16-10-3-4-11(17)14(18)13(10)15(21)22-8-12(20)19-6-5-9-2-1-7-23-9/h1-4,7H,5-6,8H2,(H,19,20). The van der Waals surface area contributed by atoms with Gasteiger partial charge in [0, 0.05) is 11.4 Å². The summed E-state index contributed by atoms with van der Waals surface area (Å²) in [6, 6.07) is 6.84. The smallest absolute Gasteiger partial charge is 0.341 e. The zero-order valence-electron chi connectivity index (χ0n) is 11.8. The second-order valence-electron chi connectivity index (χ2n) is 4.47. The molecular formula is C15H12Cl3NO3S. The van der Waals surface area contributed by atoms with Crippen LogP contribution in [-0.2, 0) is 16.0 Å². The topological polar surface area (TPSA) is 55.4 Å². The van der Waals surface area contributed by atoms with Gasteiger partial charge in [0.15, 0.2) is 6.61 Å². The molecule has 1 N–H and O–H groups in total. The molecule has 23 heavy (non-hydrogen) atoms. The largest absolute Gasteiger partial charge is 0.452 e. The van der Waals surface area contributed by atoms with Crippen LogP contribution in [0.3, 0.4) is 0 Å². The van der Waals surface area contributed by atoms with Gasteiger partial charge in [0.2, 0.25) is 0 Å². The molecule has 0 unspecified atom stereocenters. The molecule has 0 aliphatic heterocycles. The van der Waals surface area contributed by atoms with Crippen LogP contribution in [0.5, 0.6) is 0 Å². The molecule has 0 saturated heterocycles. The third-order valence-corrected chi connectivity index (χ3v) is 4.91. The molecule has 8 heteroatoms. The van der Waals surface area contributed by atoms with Crippen LogP contribution < -0.4 is 5.32 Å². The zero-order valence-corrected chi connectivity index (χ0v) is 14.9. The minimum atomic E-state index is -0.795. The van der Waals surface area contributed by atoms with E-state index in [1.807, 2.05) is 17.5 Å². The number of rotatable bonds is 6. The summed E-state index contributed by atoms with van der Waals surface area (Å²) in [5.74, 6) is -1.19. The molecule has 0 bridgehead atoms. The number of ether oxygens (including phenoxy) is 1. The molecule has 0 atom stereocenters. The van der Waals surface area contributed by atoms with Crippen LogP contribution >= 0.6 is 46.1 Å². The van der Waals surface area contributed by atoms with Crippen LogP contribution in [0.15, 0.2) is 29.6 Å². The maximum Gasteiger partial charge on any atom is 0.341 e. The Balaban J connectivity index is 1.82. The van der Waals surface area contributed by atoms with E-state index in [1.165, 1.54) is 17.0 Å². The number of amides is 1. The Morgan fingerprint density at radius 1 is 1.13 bits per heavy atom. The summed E-state index contributed by atoms with van der Waals surface area (Å²) in [6.07, 6.45) is 0.725. The van der Waals surface area contributed by atoms with Crippen LogP contribution in [0, 0.1) is 0 Å². The van der Waals surface area contributed by atoms with E-state index in [1.54, 1.807) is 11.3 Å². The quantitative estimate of drug-likeness (QED) is 0.591. The van der Waals surface area contributed by atoms with Crippen molar-refractivity contribution in [1.29, 1.82) is 0 Å². The van der Waals surface area contributed by atoms with E-state index in [9.17, 15) is 9.59 Å². The lowest BCUT2D eigenvalue weighted by atomic mass is 10.2. The molecule has 1 aromatic carbocycles. The predicted octanol–water partition coefficient (Wildman–Crippen LogP) is 4.22. The van der Waals surface area contributed by atoms with E-state index in [2.05, 4.69) is 5.32 Å². The molecular weight excluding hydrogens is 381 g/mol. The van der Waals surface area contributed by atoms with Crippen molar-refractivity contribution < 1.29 is 14.3 Å². The van der Waals surface area contributed by atoms with Crippen LogP contribution in [0.1, 0.15) is 15.2 Å². The summed E-state index contributed by atoms with van der Waals surface area (Å²) in [6.45, 7) is 0.0536. The summed E-state index contributed by atoms with van der Waals surface area (Å²) in [4.78, 5) is 24.8. The van der Waals surface area contributed by atoms with E-state index in [0.717, 1.165) is 6.42 Å². The second-order valence-corrected chi connectivity index (χ2v) is 6.70. The molecule has 1 amide bonds. The first kappa shape index (κ1) is 18.1. The average molecular weight is 393 g/mol. The molecule has 2 rings (SSSR count). The van der Waals surface area contributed by atoms with Gasteiger partial charge in [-0.3, -0.25) is 4.79 Å². The van der Waals surface area contributed by atoms with Gasteiger partial charge in [0.25, 0.3) is 5.91 Å². The summed E-state index contributed by atoms with van der Waals surface area (Å²) in [7, 11) is 0. The Hall–Kier alpha value is -1.27.